The summed E-state index contributed by atoms with van der Waals surface area (Å²) >= 11 is 0. The van der Waals surface area contributed by atoms with Gasteiger partial charge in [-0.2, -0.15) is 0 Å². The van der Waals surface area contributed by atoms with Gasteiger partial charge in [0.2, 0.25) is 5.75 Å². The van der Waals surface area contributed by atoms with Crippen molar-refractivity contribution >= 4 is 16.7 Å². The maximum atomic E-state index is 12.2. The Morgan fingerprint density at radius 3 is 2.32 bits per heavy atom. The van der Waals surface area contributed by atoms with E-state index in [2.05, 4.69) is 0 Å². The lowest BCUT2D eigenvalue weighted by molar-refractivity contribution is 0.400. The van der Waals surface area contributed by atoms with Crippen molar-refractivity contribution in [3.05, 3.63) is 52.7 Å². The van der Waals surface area contributed by atoms with E-state index >= 15 is 0 Å². The van der Waals surface area contributed by atoms with E-state index in [4.69, 9.17) is 4.42 Å². The third kappa shape index (κ3) is 2.26. The van der Waals surface area contributed by atoms with Crippen LogP contribution in [0.1, 0.15) is 0 Å². The number of phenols is 2. The van der Waals surface area contributed by atoms with Crippen molar-refractivity contribution in [3.8, 4) is 22.8 Å². The van der Waals surface area contributed by atoms with E-state index in [1.807, 2.05) is 43.3 Å². The average molecular weight is 296 g/mol. The maximum Gasteiger partial charge on any atom is 0.201 e. The van der Waals surface area contributed by atoms with Crippen LogP contribution < -0.4 is 10.3 Å². The second-order valence-electron chi connectivity index (χ2n) is 5.23. The van der Waals surface area contributed by atoms with Gasteiger partial charge in [0.1, 0.15) is 5.76 Å². The summed E-state index contributed by atoms with van der Waals surface area (Å²) in [6.45, 7) is 0. The van der Waals surface area contributed by atoms with E-state index in [1.165, 1.54) is 18.2 Å². The molecule has 0 fully saturated rings. The Morgan fingerprint density at radius 1 is 1.00 bits per heavy atom. The molecule has 0 saturated heterocycles. The number of rotatable bonds is 2. The van der Waals surface area contributed by atoms with Gasteiger partial charge in [0.25, 0.3) is 0 Å². The molecule has 0 aliphatic rings. The Bertz CT molecular complexity index is 895. The van der Waals surface area contributed by atoms with Crippen molar-refractivity contribution in [1.82, 2.24) is 0 Å². The minimum absolute atomic E-state index is 0.0146. The highest BCUT2D eigenvalue weighted by atomic mass is 16.4. The second kappa shape index (κ2) is 5.11. The van der Waals surface area contributed by atoms with Crippen molar-refractivity contribution in [2.45, 2.75) is 0 Å². The largest absolute Gasteiger partial charge is 0.504 e. The van der Waals surface area contributed by atoms with Crippen molar-refractivity contribution < 1.29 is 14.6 Å². The molecule has 3 rings (SSSR count). The summed E-state index contributed by atoms with van der Waals surface area (Å²) in [5, 5.41) is 19.7. The fourth-order valence-corrected chi connectivity index (χ4v) is 2.26. The first-order valence-corrected chi connectivity index (χ1v) is 6.74. The van der Waals surface area contributed by atoms with Crippen LogP contribution in [0.25, 0.3) is 22.3 Å². The van der Waals surface area contributed by atoms with Gasteiger partial charge >= 0.3 is 0 Å². The number of phenolic OH excluding ortho intramolecular Hbond substituents is 2. The third-order valence-corrected chi connectivity index (χ3v) is 3.52. The van der Waals surface area contributed by atoms with Gasteiger partial charge in [-0.3, -0.25) is 4.79 Å². The molecule has 1 heterocycles. The zero-order valence-corrected chi connectivity index (χ0v) is 12.2. The monoisotopic (exact) mass is 296 g/mol. The van der Waals surface area contributed by atoms with Gasteiger partial charge in [0.05, 0.1) is 5.39 Å². The van der Waals surface area contributed by atoms with Gasteiger partial charge in [-0.05, 0) is 36.4 Å². The summed E-state index contributed by atoms with van der Waals surface area (Å²) in [6.07, 6.45) is 0. The van der Waals surface area contributed by atoms with Crippen LogP contribution in [0.5, 0.6) is 11.5 Å². The summed E-state index contributed by atoms with van der Waals surface area (Å²) in [5.74, 6) is -0.416. The predicted octanol–water partition coefficient (Wildman–Crippen LogP) is 2.94. The molecule has 22 heavy (non-hydrogen) atoms. The molecule has 3 aromatic rings. The van der Waals surface area contributed by atoms with E-state index in [1.54, 1.807) is 0 Å². The predicted molar refractivity (Wildman–Crippen MR) is 85.6 cm³/mol. The fourth-order valence-electron chi connectivity index (χ4n) is 2.26. The average Bonchev–Trinajstić information content (AvgIpc) is 2.51. The minimum atomic E-state index is -0.429. The molecule has 0 aliphatic heterocycles. The van der Waals surface area contributed by atoms with Gasteiger partial charge in [-0.25, -0.2) is 0 Å². The van der Waals surface area contributed by atoms with Gasteiger partial charge < -0.3 is 19.5 Å². The highest BCUT2D eigenvalue weighted by Gasteiger charge is 2.13. The molecule has 5 heteroatoms. The minimum Gasteiger partial charge on any atom is -0.504 e. The van der Waals surface area contributed by atoms with Gasteiger partial charge in [0, 0.05) is 31.4 Å². The molecule has 2 aromatic carbocycles. The Morgan fingerprint density at radius 2 is 1.68 bits per heavy atom. The molecule has 0 spiro atoms. The van der Waals surface area contributed by atoms with Crippen molar-refractivity contribution in [1.29, 1.82) is 0 Å². The standard InChI is InChI=1S/C17H15NO4/c1-18(2)11-5-3-10(4-6-11)15-9-14(20)12-7-8-13(19)16(21)17(12)22-15/h3-9,19,21H,1-2H3/i1-1. The summed E-state index contributed by atoms with van der Waals surface area (Å²) < 4.78 is 5.62. The van der Waals surface area contributed by atoms with Crippen LogP contribution in [0.3, 0.4) is 0 Å². The van der Waals surface area contributed by atoms with Crippen LogP contribution in [-0.4, -0.2) is 24.3 Å². The first-order valence-electron chi connectivity index (χ1n) is 6.74. The van der Waals surface area contributed by atoms with E-state index in [0.29, 0.717) is 11.3 Å². The lowest BCUT2D eigenvalue weighted by Gasteiger charge is -2.12. The van der Waals surface area contributed by atoms with Crippen LogP contribution in [0.15, 0.2) is 51.7 Å². The smallest absolute Gasteiger partial charge is 0.201 e. The van der Waals surface area contributed by atoms with Crippen LogP contribution >= 0.6 is 0 Å². The number of benzene rings is 2. The Labute approximate surface area is 126 Å². The zero-order chi connectivity index (χ0) is 15.9. The number of hydrogen-bond acceptors (Lipinski definition) is 5. The van der Waals surface area contributed by atoms with Crippen molar-refractivity contribution in [2.75, 3.05) is 19.0 Å². The normalized spacial score (nSPS) is 10.8. The van der Waals surface area contributed by atoms with Gasteiger partial charge in [0.15, 0.2) is 16.8 Å². The molecule has 0 saturated carbocycles. The quantitative estimate of drug-likeness (QED) is 0.711. The Balaban J connectivity index is 2.19. The van der Waals surface area contributed by atoms with Crippen molar-refractivity contribution in [3.63, 3.8) is 0 Å². The van der Waals surface area contributed by atoms with E-state index in [0.717, 1.165) is 5.69 Å². The second-order valence-corrected chi connectivity index (χ2v) is 5.23. The molecular weight excluding hydrogens is 281 g/mol. The number of nitrogens with zero attached hydrogens (tertiary/aromatic N) is 1. The van der Waals surface area contributed by atoms with Gasteiger partial charge in [-0.15, -0.1) is 0 Å². The summed E-state index contributed by atoms with van der Waals surface area (Å²) in [7, 11) is 3.87. The first kappa shape index (κ1) is 14.0. The molecule has 0 bridgehead atoms. The summed E-state index contributed by atoms with van der Waals surface area (Å²) in [6, 6.07) is 11.5. The van der Waals surface area contributed by atoms with E-state index in [9.17, 15) is 15.0 Å². The molecular formula is C17H15NO4. The van der Waals surface area contributed by atoms with E-state index in [-0.39, 0.29) is 22.1 Å². The molecule has 0 unspecified atom stereocenters. The highest BCUT2D eigenvalue weighted by molar-refractivity contribution is 5.86. The molecule has 1 aromatic heterocycles. The lowest BCUT2D eigenvalue weighted by Crippen LogP contribution is -2.08. The first-order chi connectivity index (χ1) is 10.5. The Hall–Kier alpha value is -2.95. The molecule has 0 aliphatic carbocycles. The molecule has 0 amide bonds. The van der Waals surface area contributed by atoms with Gasteiger partial charge in [-0.1, -0.05) is 0 Å². The number of anilines is 1. The fraction of sp³-hybridized carbons (Fsp3) is 0.118. The summed E-state index contributed by atoms with van der Waals surface area (Å²) in [4.78, 5) is 14.1. The molecule has 112 valence electrons. The van der Waals surface area contributed by atoms with Crippen LogP contribution in [0.2, 0.25) is 0 Å². The Kier molecular flexibility index (Phi) is 3.25. The number of hydrogen-bond donors (Lipinski definition) is 2. The zero-order valence-electron chi connectivity index (χ0n) is 12.2. The summed E-state index contributed by atoms with van der Waals surface area (Å²) in [5.41, 5.74) is 1.45. The topological polar surface area (TPSA) is 73.9 Å². The molecule has 5 nitrogen and oxygen atoms in total. The third-order valence-electron chi connectivity index (χ3n) is 3.52. The highest BCUT2D eigenvalue weighted by Crippen LogP contribution is 2.34. The SMILES string of the molecule is CN([11CH3])c1ccc(-c2cc(=O)c3ccc(O)c(O)c3o2)cc1. The molecule has 0 radical (unpaired) electrons. The van der Waals surface area contributed by atoms with Crippen LogP contribution in [-0.2, 0) is 0 Å². The van der Waals surface area contributed by atoms with E-state index < -0.39 is 5.75 Å². The number of fused-ring (bicyclic) bond motifs is 1. The molecule has 0 atom stereocenters. The van der Waals surface area contributed by atoms with Crippen LogP contribution in [0, 0.1) is 0 Å². The van der Waals surface area contributed by atoms with Crippen molar-refractivity contribution in [2.24, 2.45) is 0 Å². The maximum absolute atomic E-state index is 12.2. The lowest BCUT2D eigenvalue weighted by atomic mass is 10.1. The van der Waals surface area contributed by atoms with Crippen LogP contribution in [0.4, 0.5) is 5.69 Å². The molecule has 2 N–H and O–H groups in total. The number of aromatic hydroxyl groups is 2.